The number of hydrogen-bond donors (Lipinski definition) is 1. The summed E-state index contributed by atoms with van der Waals surface area (Å²) in [7, 11) is -2.96. The molecule has 128 valence electrons. The van der Waals surface area contributed by atoms with Crippen molar-refractivity contribution in [1.82, 2.24) is 5.32 Å². The molecular weight excluding hydrogens is 330 g/mol. The van der Waals surface area contributed by atoms with Crippen LogP contribution in [0.3, 0.4) is 0 Å². The summed E-state index contributed by atoms with van der Waals surface area (Å²) < 4.78 is 23.0. The molecule has 6 heteroatoms. The molecular formula is C17H25NO3S2. The van der Waals surface area contributed by atoms with E-state index < -0.39 is 9.84 Å². The Morgan fingerprint density at radius 3 is 2.65 bits per heavy atom. The van der Waals surface area contributed by atoms with E-state index in [4.69, 9.17) is 0 Å². The monoisotopic (exact) mass is 355 g/mol. The summed E-state index contributed by atoms with van der Waals surface area (Å²) in [5, 5.41) is 2.89. The van der Waals surface area contributed by atoms with E-state index in [2.05, 4.69) is 26.1 Å². The second kappa shape index (κ2) is 5.88. The van der Waals surface area contributed by atoms with E-state index in [1.54, 1.807) is 11.3 Å². The number of aryl methyl sites for hydroxylation is 1. The van der Waals surface area contributed by atoms with Gasteiger partial charge in [0.25, 0.3) is 5.91 Å². The van der Waals surface area contributed by atoms with Crippen LogP contribution in [-0.4, -0.2) is 31.9 Å². The summed E-state index contributed by atoms with van der Waals surface area (Å²) >= 11 is 1.58. The molecule has 1 aliphatic carbocycles. The van der Waals surface area contributed by atoms with Crippen LogP contribution in [0.2, 0.25) is 0 Å². The molecule has 0 saturated carbocycles. The van der Waals surface area contributed by atoms with Gasteiger partial charge in [-0.2, -0.15) is 0 Å². The maximum absolute atomic E-state index is 12.4. The highest BCUT2D eigenvalue weighted by Crippen LogP contribution is 2.40. The van der Waals surface area contributed by atoms with E-state index in [1.165, 1.54) is 16.9 Å². The number of fused-ring (bicyclic) bond motifs is 1. The van der Waals surface area contributed by atoms with Crippen LogP contribution in [0.5, 0.6) is 0 Å². The Labute approximate surface area is 142 Å². The molecule has 0 radical (unpaired) electrons. The Morgan fingerprint density at radius 2 is 2.04 bits per heavy atom. The fourth-order valence-corrected chi connectivity index (χ4v) is 6.33. The first-order valence-electron chi connectivity index (χ1n) is 8.27. The molecule has 1 aromatic heterocycles. The van der Waals surface area contributed by atoms with Crippen molar-refractivity contribution in [2.75, 3.05) is 11.5 Å². The van der Waals surface area contributed by atoms with Gasteiger partial charge in [-0.3, -0.25) is 4.79 Å². The normalized spacial score (nSPS) is 26.7. The molecule has 2 unspecified atom stereocenters. The molecule has 1 N–H and O–H groups in total. The second-order valence-corrected chi connectivity index (χ2v) is 11.3. The van der Waals surface area contributed by atoms with Crippen molar-refractivity contribution in [2.45, 2.75) is 52.5 Å². The van der Waals surface area contributed by atoms with Gasteiger partial charge in [-0.1, -0.05) is 20.8 Å². The highest BCUT2D eigenvalue weighted by molar-refractivity contribution is 7.91. The van der Waals surface area contributed by atoms with E-state index in [1.807, 2.05) is 6.07 Å². The van der Waals surface area contributed by atoms with Crippen molar-refractivity contribution in [1.29, 1.82) is 0 Å². The van der Waals surface area contributed by atoms with Crippen LogP contribution in [0.1, 0.15) is 53.7 Å². The lowest BCUT2D eigenvalue weighted by Crippen LogP contribution is -2.35. The minimum Gasteiger partial charge on any atom is -0.348 e. The number of hydrogen-bond acceptors (Lipinski definition) is 4. The summed E-state index contributed by atoms with van der Waals surface area (Å²) in [4.78, 5) is 14.5. The van der Waals surface area contributed by atoms with Gasteiger partial charge in [0.15, 0.2) is 9.84 Å². The van der Waals surface area contributed by atoms with E-state index >= 15 is 0 Å². The SMILES string of the molecule is CC(C)(C)C1CCc2sc(C(=O)NC3CCS(=O)(=O)C3)cc2C1. The predicted molar refractivity (Wildman–Crippen MR) is 93.8 cm³/mol. The van der Waals surface area contributed by atoms with Crippen LogP contribution < -0.4 is 5.32 Å². The lowest BCUT2D eigenvalue weighted by molar-refractivity contribution is 0.0945. The van der Waals surface area contributed by atoms with Gasteiger partial charge in [-0.15, -0.1) is 11.3 Å². The Kier molecular flexibility index (Phi) is 4.34. The fraction of sp³-hybridized carbons (Fsp3) is 0.706. The maximum Gasteiger partial charge on any atom is 0.261 e. The van der Waals surface area contributed by atoms with Gasteiger partial charge in [-0.05, 0) is 48.6 Å². The molecule has 23 heavy (non-hydrogen) atoms. The molecule has 2 aliphatic rings. The van der Waals surface area contributed by atoms with Gasteiger partial charge in [0.2, 0.25) is 0 Å². The van der Waals surface area contributed by atoms with E-state index in [0.29, 0.717) is 17.8 Å². The van der Waals surface area contributed by atoms with Gasteiger partial charge in [0.1, 0.15) is 0 Å². The first kappa shape index (κ1) is 17.0. The second-order valence-electron chi connectivity index (χ2n) is 7.94. The summed E-state index contributed by atoms with van der Waals surface area (Å²) in [6.07, 6.45) is 3.80. The van der Waals surface area contributed by atoms with Crippen LogP contribution >= 0.6 is 11.3 Å². The molecule has 1 fully saturated rings. The van der Waals surface area contributed by atoms with Crippen molar-refractivity contribution in [3.63, 3.8) is 0 Å². The lowest BCUT2D eigenvalue weighted by Gasteiger charge is -2.33. The van der Waals surface area contributed by atoms with Crippen molar-refractivity contribution in [3.8, 4) is 0 Å². The van der Waals surface area contributed by atoms with Crippen molar-refractivity contribution >= 4 is 27.1 Å². The first-order chi connectivity index (χ1) is 10.6. The van der Waals surface area contributed by atoms with Gasteiger partial charge in [0.05, 0.1) is 16.4 Å². The smallest absolute Gasteiger partial charge is 0.261 e. The number of nitrogens with one attached hydrogen (secondary N) is 1. The zero-order valence-electron chi connectivity index (χ0n) is 14.0. The molecule has 1 amide bonds. The Morgan fingerprint density at radius 1 is 1.30 bits per heavy atom. The van der Waals surface area contributed by atoms with Gasteiger partial charge < -0.3 is 5.32 Å². The van der Waals surface area contributed by atoms with E-state index in [9.17, 15) is 13.2 Å². The zero-order chi connectivity index (χ0) is 16.8. The Hall–Kier alpha value is -0.880. The number of amides is 1. The number of rotatable bonds is 2. The average Bonchev–Trinajstić information content (AvgIpc) is 3.00. The summed E-state index contributed by atoms with van der Waals surface area (Å²) in [5.41, 5.74) is 1.60. The largest absolute Gasteiger partial charge is 0.348 e. The topological polar surface area (TPSA) is 63.2 Å². The van der Waals surface area contributed by atoms with Crippen LogP contribution in [-0.2, 0) is 22.7 Å². The van der Waals surface area contributed by atoms with Crippen LogP contribution in [0.25, 0.3) is 0 Å². The molecule has 0 bridgehead atoms. The van der Waals surface area contributed by atoms with Crippen molar-refractivity contribution < 1.29 is 13.2 Å². The standard InChI is InChI=1S/C17H25NO3S2/c1-17(2,3)12-4-5-14-11(8-12)9-15(22-14)16(19)18-13-6-7-23(20,21)10-13/h9,12-13H,4-8,10H2,1-3H3,(H,18,19). The average molecular weight is 356 g/mol. The minimum atomic E-state index is -2.96. The van der Waals surface area contributed by atoms with Gasteiger partial charge >= 0.3 is 0 Å². The molecule has 2 atom stereocenters. The number of thiophene rings is 1. The molecule has 2 heterocycles. The third-order valence-corrected chi connectivity index (χ3v) is 8.10. The van der Waals surface area contributed by atoms with Crippen LogP contribution in [0.4, 0.5) is 0 Å². The first-order valence-corrected chi connectivity index (χ1v) is 10.9. The molecule has 3 rings (SSSR count). The highest BCUT2D eigenvalue weighted by Gasteiger charge is 2.32. The molecule has 1 saturated heterocycles. The molecule has 4 nitrogen and oxygen atoms in total. The molecule has 1 aromatic rings. The molecule has 0 spiro atoms. The Bertz CT molecular complexity index is 713. The van der Waals surface area contributed by atoms with Crippen molar-refractivity contribution in [3.05, 3.63) is 21.4 Å². The minimum absolute atomic E-state index is 0.0793. The Balaban J connectivity index is 1.69. The fourth-order valence-electron chi connectivity index (χ4n) is 3.54. The summed E-state index contributed by atoms with van der Waals surface area (Å²) in [5.74, 6) is 0.807. The van der Waals surface area contributed by atoms with E-state index in [0.717, 1.165) is 17.7 Å². The quantitative estimate of drug-likeness (QED) is 0.887. The highest BCUT2D eigenvalue weighted by atomic mass is 32.2. The summed E-state index contributed by atoms with van der Waals surface area (Å²) in [6, 6.07) is 1.80. The molecule has 0 aromatic carbocycles. The van der Waals surface area contributed by atoms with Gasteiger partial charge in [0, 0.05) is 10.9 Å². The lowest BCUT2D eigenvalue weighted by atomic mass is 9.72. The van der Waals surface area contributed by atoms with E-state index in [-0.39, 0.29) is 23.5 Å². The number of carbonyl (C=O) groups is 1. The van der Waals surface area contributed by atoms with Gasteiger partial charge in [-0.25, -0.2) is 8.42 Å². The number of sulfone groups is 1. The number of carbonyl (C=O) groups excluding carboxylic acids is 1. The van der Waals surface area contributed by atoms with Crippen LogP contribution in [0, 0.1) is 11.3 Å². The molecule has 1 aliphatic heterocycles. The zero-order valence-corrected chi connectivity index (χ0v) is 15.6. The van der Waals surface area contributed by atoms with Crippen molar-refractivity contribution in [2.24, 2.45) is 11.3 Å². The van der Waals surface area contributed by atoms with Crippen LogP contribution in [0.15, 0.2) is 6.07 Å². The predicted octanol–water partition coefficient (Wildman–Crippen LogP) is 2.82. The summed E-state index contributed by atoms with van der Waals surface area (Å²) in [6.45, 7) is 6.84. The third-order valence-electron chi connectivity index (χ3n) is 5.10. The third kappa shape index (κ3) is 3.79. The maximum atomic E-state index is 12.4.